The maximum absolute atomic E-state index is 12.8. The largest absolute Gasteiger partial charge is 0.372 e. The van der Waals surface area contributed by atoms with Crippen LogP contribution >= 0.6 is 10.7 Å². The molecule has 27 heavy (non-hydrogen) atoms. The molecule has 3 aliphatic rings. The first kappa shape index (κ1) is 19.6. The van der Waals surface area contributed by atoms with Crippen molar-refractivity contribution in [2.45, 2.75) is 18.2 Å². The van der Waals surface area contributed by atoms with Gasteiger partial charge in [-0.05, 0) is 25.6 Å². The van der Waals surface area contributed by atoms with Crippen LogP contribution in [0.3, 0.4) is 0 Å². The summed E-state index contributed by atoms with van der Waals surface area (Å²) in [5.74, 6) is 3.86. The zero-order valence-electron chi connectivity index (χ0n) is 15.6. The predicted molar refractivity (Wildman–Crippen MR) is 111 cm³/mol. The van der Waals surface area contributed by atoms with Gasteiger partial charge in [-0.3, -0.25) is 9.59 Å². The molecule has 3 N–H and O–H groups in total. The molecule has 2 amide bonds. The van der Waals surface area contributed by atoms with Gasteiger partial charge in [-0.1, -0.05) is 28.7 Å². The number of amides is 2. The molecule has 0 bridgehead atoms. The molecule has 0 radical (unpaired) electrons. The molecular weight excluding hydrogens is 362 g/mol. The van der Waals surface area contributed by atoms with Crippen LogP contribution in [0.5, 0.6) is 0 Å². The molecule has 2 aliphatic heterocycles. The van der Waals surface area contributed by atoms with Gasteiger partial charge in [-0.25, -0.2) is 0 Å². The van der Waals surface area contributed by atoms with Crippen LogP contribution in [-0.2, 0) is 9.59 Å². The highest BCUT2D eigenvalue weighted by Gasteiger charge is 2.30. The molecule has 3 atom stereocenters. The lowest BCUT2D eigenvalue weighted by Gasteiger charge is -2.33. The fraction of sp³-hybridized carbons (Fsp3) is 0.474. The van der Waals surface area contributed by atoms with Crippen LogP contribution in [0.2, 0.25) is 0 Å². The topological polar surface area (TPSA) is 88.5 Å². The summed E-state index contributed by atoms with van der Waals surface area (Å²) in [5, 5.41) is 10.9. The van der Waals surface area contributed by atoms with Gasteiger partial charge < -0.3 is 25.2 Å². The summed E-state index contributed by atoms with van der Waals surface area (Å²) in [6.07, 6.45) is 10.0. The number of nitrogens with zero attached hydrogens (tertiary/aromatic N) is 2. The summed E-state index contributed by atoms with van der Waals surface area (Å²) < 4.78 is 2.86. The number of carbonyl (C=O) groups excluding carboxylic acids is 2. The van der Waals surface area contributed by atoms with Crippen molar-refractivity contribution in [1.29, 1.82) is 5.41 Å². The lowest BCUT2D eigenvalue weighted by Crippen LogP contribution is -2.47. The molecule has 0 aromatic carbocycles. The zero-order chi connectivity index (χ0) is 19.4. The minimum atomic E-state index is -0.604. The number of allylic oxidation sites excluding steroid dienone is 3. The first-order valence-corrected chi connectivity index (χ1v) is 10.6. The molecular formula is C19H27N5O2S. The normalized spacial score (nSPS) is 29.3. The van der Waals surface area contributed by atoms with Gasteiger partial charge in [0.15, 0.2) is 0 Å². The Hall–Kier alpha value is -2.19. The summed E-state index contributed by atoms with van der Waals surface area (Å²) >= 11 is 0. The van der Waals surface area contributed by atoms with E-state index in [1.807, 2.05) is 29.2 Å². The molecule has 1 aliphatic carbocycles. The SMILES string of the molecule is C=S1NC(=O)CC(C=N)C1NC1=CCC=C(C(=O)N2CCN(C)CC2)C=C1. The Balaban J connectivity index is 1.63. The van der Waals surface area contributed by atoms with Crippen molar-refractivity contribution in [2.75, 3.05) is 33.2 Å². The maximum atomic E-state index is 12.8. The van der Waals surface area contributed by atoms with Gasteiger partial charge in [0.2, 0.25) is 5.91 Å². The number of nitrogens with one attached hydrogen (secondary N) is 3. The number of hydrogen-bond acceptors (Lipinski definition) is 5. The van der Waals surface area contributed by atoms with E-state index in [-0.39, 0.29) is 23.1 Å². The molecule has 0 spiro atoms. The molecule has 8 heteroatoms. The van der Waals surface area contributed by atoms with Crippen molar-refractivity contribution in [2.24, 2.45) is 5.92 Å². The second kappa shape index (κ2) is 8.67. The monoisotopic (exact) mass is 389 g/mol. The molecule has 0 aromatic rings. The average molecular weight is 390 g/mol. The fourth-order valence-corrected chi connectivity index (χ4v) is 4.74. The van der Waals surface area contributed by atoms with E-state index < -0.39 is 10.7 Å². The molecule has 2 heterocycles. The van der Waals surface area contributed by atoms with Gasteiger partial charge in [0.1, 0.15) is 0 Å². The minimum Gasteiger partial charge on any atom is -0.372 e. The van der Waals surface area contributed by atoms with Crippen LogP contribution in [0.1, 0.15) is 12.8 Å². The smallest absolute Gasteiger partial charge is 0.253 e. The lowest BCUT2D eigenvalue weighted by atomic mass is 10.1. The maximum Gasteiger partial charge on any atom is 0.253 e. The third-order valence-corrected chi connectivity index (χ3v) is 6.61. The van der Waals surface area contributed by atoms with Crippen LogP contribution in [0, 0.1) is 11.3 Å². The zero-order valence-corrected chi connectivity index (χ0v) is 16.4. The van der Waals surface area contributed by atoms with E-state index in [0.717, 1.165) is 31.9 Å². The molecule has 7 nitrogen and oxygen atoms in total. The number of likely N-dealkylation sites (N-methyl/N-ethyl adjacent to an activating group) is 1. The number of hydrogen-bond donors (Lipinski definition) is 3. The third-order valence-electron chi connectivity index (χ3n) is 5.04. The molecule has 2 fully saturated rings. The highest BCUT2D eigenvalue weighted by Crippen LogP contribution is 2.28. The summed E-state index contributed by atoms with van der Waals surface area (Å²) in [6, 6.07) is 0. The second-order valence-electron chi connectivity index (χ2n) is 7.04. The van der Waals surface area contributed by atoms with E-state index in [1.165, 1.54) is 6.21 Å². The quantitative estimate of drug-likeness (QED) is 0.491. The van der Waals surface area contributed by atoms with Crippen molar-refractivity contribution < 1.29 is 9.59 Å². The Morgan fingerprint density at radius 1 is 1.33 bits per heavy atom. The number of piperazine rings is 1. The minimum absolute atomic E-state index is 0.0630. The highest BCUT2D eigenvalue weighted by atomic mass is 32.2. The predicted octanol–water partition coefficient (Wildman–Crippen LogP) is 0.848. The first-order chi connectivity index (χ1) is 13.0. The van der Waals surface area contributed by atoms with Gasteiger partial charge in [-0.15, -0.1) is 0 Å². The van der Waals surface area contributed by atoms with Crippen LogP contribution in [0.4, 0.5) is 0 Å². The summed E-state index contributed by atoms with van der Waals surface area (Å²) in [6.45, 7) is 3.31. The molecule has 2 saturated heterocycles. The third kappa shape index (κ3) is 4.75. The average Bonchev–Trinajstić information content (AvgIpc) is 2.89. The van der Waals surface area contributed by atoms with Crippen molar-refractivity contribution in [1.82, 2.24) is 19.8 Å². The molecule has 0 aromatic heterocycles. The van der Waals surface area contributed by atoms with E-state index in [1.54, 1.807) is 0 Å². The second-order valence-corrected chi connectivity index (χ2v) is 8.61. The van der Waals surface area contributed by atoms with Crippen LogP contribution in [0.25, 0.3) is 0 Å². The molecule has 3 unspecified atom stereocenters. The standard InChI is InChI=1S/C19H27N5O2S/c1-23-8-10-24(11-9-23)19(26)14-4-3-5-16(7-6-14)21-18-15(13-20)12-17(25)22-27(18)2/h4-7,13,15,18,20-21H,2-3,8-12H2,1H3,(H,22,25). The van der Waals surface area contributed by atoms with Crippen LogP contribution in [-0.4, -0.2) is 72.3 Å². The van der Waals surface area contributed by atoms with Crippen molar-refractivity contribution in [3.05, 3.63) is 35.6 Å². The Bertz CT molecular complexity index is 734. The number of carbonyl (C=O) groups is 2. The lowest BCUT2D eigenvalue weighted by molar-refractivity contribution is -0.128. The van der Waals surface area contributed by atoms with E-state index in [2.05, 4.69) is 27.9 Å². The molecule has 146 valence electrons. The van der Waals surface area contributed by atoms with Gasteiger partial charge in [0.25, 0.3) is 5.91 Å². The van der Waals surface area contributed by atoms with Gasteiger partial charge in [-0.2, -0.15) is 0 Å². The number of rotatable bonds is 4. The summed E-state index contributed by atoms with van der Waals surface area (Å²) in [4.78, 5) is 28.6. The van der Waals surface area contributed by atoms with Crippen molar-refractivity contribution in [3.8, 4) is 0 Å². The van der Waals surface area contributed by atoms with E-state index in [4.69, 9.17) is 5.41 Å². The van der Waals surface area contributed by atoms with Gasteiger partial charge in [0.05, 0.1) is 5.37 Å². The van der Waals surface area contributed by atoms with Gasteiger partial charge in [0, 0.05) is 56.0 Å². The first-order valence-electron chi connectivity index (χ1n) is 9.13. The summed E-state index contributed by atoms with van der Waals surface area (Å²) in [5.41, 5.74) is 1.60. The Kier molecular flexibility index (Phi) is 6.28. The molecule has 3 rings (SSSR count). The van der Waals surface area contributed by atoms with Crippen molar-refractivity contribution >= 4 is 34.6 Å². The molecule has 0 saturated carbocycles. The van der Waals surface area contributed by atoms with E-state index in [9.17, 15) is 9.59 Å². The van der Waals surface area contributed by atoms with E-state index >= 15 is 0 Å². The Morgan fingerprint density at radius 3 is 2.78 bits per heavy atom. The van der Waals surface area contributed by atoms with Gasteiger partial charge >= 0.3 is 0 Å². The Labute approximate surface area is 162 Å². The van der Waals surface area contributed by atoms with Crippen LogP contribution < -0.4 is 10.0 Å². The van der Waals surface area contributed by atoms with Crippen LogP contribution in [0.15, 0.2) is 35.6 Å². The summed E-state index contributed by atoms with van der Waals surface area (Å²) in [7, 11) is 1.47. The highest BCUT2D eigenvalue weighted by molar-refractivity contribution is 8.13. The van der Waals surface area contributed by atoms with Crippen molar-refractivity contribution in [3.63, 3.8) is 0 Å². The van der Waals surface area contributed by atoms with E-state index in [0.29, 0.717) is 18.4 Å². The fourth-order valence-electron chi connectivity index (χ4n) is 3.36. The Morgan fingerprint density at radius 2 is 2.07 bits per heavy atom.